The van der Waals surface area contributed by atoms with Gasteiger partial charge in [-0.25, -0.2) is 9.98 Å². The molecule has 0 aliphatic carbocycles. The topological polar surface area (TPSA) is 28.5 Å². The van der Waals surface area contributed by atoms with Crippen molar-refractivity contribution in [2.24, 2.45) is 4.99 Å². The maximum Gasteiger partial charge on any atom is 0.146 e. The van der Waals surface area contributed by atoms with Gasteiger partial charge in [0.15, 0.2) is 0 Å². The standard InChI is InChI=1S/C29H29N3S/c1-22-16-18-24(19-17-22)27(32-20-10-2-3-11-21-32)31-29-26(23-12-6-4-7-13-23)30-28(33-29)25-14-8-5-9-15-25/h4-9,12-19H,2-3,10-11,20-21H2,1H3. The van der Waals surface area contributed by atoms with E-state index in [-0.39, 0.29) is 0 Å². The molecule has 1 aliphatic rings. The van der Waals surface area contributed by atoms with E-state index in [0.29, 0.717) is 0 Å². The molecule has 0 radical (unpaired) electrons. The predicted octanol–water partition coefficient (Wildman–Crippen LogP) is 7.74. The number of thiazole rings is 1. The largest absolute Gasteiger partial charge is 0.356 e. The van der Waals surface area contributed by atoms with Gasteiger partial charge in [-0.2, -0.15) is 0 Å². The number of hydrogen-bond acceptors (Lipinski definition) is 3. The molecule has 0 amide bonds. The van der Waals surface area contributed by atoms with E-state index in [0.717, 1.165) is 45.8 Å². The maximum atomic E-state index is 5.34. The van der Waals surface area contributed by atoms with Crippen molar-refractivity contribution < 1.29 is 0 Å². The number of nitrogens with zero attached hydrogens (tertiary/aromatic N) is 3. The zero-order valence-corrected chi connectivity index (χ0v) is 19.9. The van der Waals surface area contributed by atoms with Gasteiger partial charge in [0, 0.05) is 29.8 Å². The van der Waals surface area contributed by atoms with Crippen LogP contribution in [0, 0.1) is 6.92 Å². The van der Waals surface area contributed by atoms with Crippen LogP contribution in [0.2, 0.25) is 0 Å². The summed E-state index contributed by atoms with van der Waals surface area (Å²) in [6, 6.07) is 29.6. The van der Waals surface area contributed by atoms with Gasteiger partial charge >= 0.3 is 0 Å². The molecule has 33 heavy (non-hydrogen) atoms. The Balaban J connectivity index is 1.65. The van der Waals surface area contributed by atoms with Gasteiger partial charge in [0.1, 0.15) is 21.5 Å². The fourth-order valence-electron chi connectivity index (χ4n) is 4.28. The van der Waals surface area contributed by atoms with Gasteiger partial charge in [-0.05, 0) is 19.8 Å². The molecule has 0 spiro atoms. The number of benzene rings is 3. The normalized spacial score (nSPS) is 14.8. The lowest BCUT2D eigenvalue weighted by atomic mass is 10.1. The number of hydrogen-bond donors (Lipinski definition) is 0. The van der Waals surface area contributed by atoms with Crippen LogP contribution in [0.1, 0.15) is 36.8 Å². The van der Waals surface area contributed by atoms with Gasteiger partial charge in [0.05, 0.1) is 0 Å². The molecule has 3 nitrogen and oxygen atoms in total. The Morgan fingerprint density at radius 3 is 2.00 bits per heavy atom. The first-order valence-corrected chi connectivity index (χ1v) is 12.6. The fourth-order valence-corrected chi connectivity index (χ4v) is 5.24. The van der Waals surface area contributed by atoms with Crippen molar-refractivity contribution in [3.8, 4) is 21.8 Å². The molecule has 0 unspecified atom stereocenters. The zero-order chi connectivity index (χ0) is 22.5. The van der Waals surface area contributed by atoms with Crippen LogP contribution in [-0.2, 0) is 0 Å². The Hall–Kier alpha value is -3.24. The van der Waals surface area contributed by atoms with Gasteiger partial charge in [0.2, 0.25) is 0 Å². The minimum Gasteiger partial charge on any atom is -0.356 e. The molecule has 1 fully saturated rings. The Labute approximate surface area is 200 Å². The second kappa shape index (κ2) is 10.1. The van der Waals surface area contributed by atoms with E-state index < -0.39 is 0 Å². The number of aryl methyl sites for hydroxylation is 1. The Bertz CT molecular complexity index is 1200. The van der Waals surface area contributed by atoms with E-state index in [1.165, 1.54) is 36.8 Å². The molecule has 1 saturated heterocycles. The molecule has 0 saturated carbocycles. The van der Waals surface area contributed by atoms with Crippen LogP contribution in [-0.4, -0.2) is 28.8 Å². The van der Waals surface area contributed by atoms with E-state index in [1.54, 1.807) is 11.3 Å². The molecule has 2 heterocycles. The van der Waals surface area contributed by atoms with Crippen LogP contribution >= 0.6 is 11.3 Å². The maximum absolute atomic E-state index is 5.34. The lowest BCUT2D eigenvalue weighted by Gasteiger charge is -2.24. The van der Waals surface area contributed by atoms with Crippen LogP contribution in [0.3, 0.4) is 0 Å². The summed E-state index contributed by atoms with van der Waals surface area (Å²) in [5.41, 5.74) is 5.64. The van der Waals surface area contributed by atoms with E-state index >= 15 is 0 Å². The lowest BCUT2D eigenvalue weighted by Crippen LogP contribution is -2.32. The minimum absolute atomic E-state index is 0.957. The number of aromatic nitrogens is 1. The second-order valence-corrected chi connectivity index (χ2v) is 9.59. The van der Waals surface area contributed by atoms with Crippen molar-refractivity contribution in [2.45, 2.75) is 32.6 Å². The smallest absolute Gasteiger partial charge is 0.146 e. The van der Waals surface area contributed by atoms with Crippen molar-refractivity contribution in [3.05, 3.63) is 96.1 Å². The molecule has 4 heteroatoms. The summed E-state index contributed by atoms with van der Waals surface area (Å²) >= 11 is 1.68. The summed E-state index contributed by atoms with van der Waals surface area (Å²) in [5.74, 6) is 1.07. The average molecular weight is 452 g/mol. The summed E-state index contributed by atoms with van der Waals surface area (Å²) in [6.45, 7) is 4.24. The Kier molecular flexibility index (Phi) is 6.63. The van der Waals surface area contributed by atoms with Crippen molar-refractivity contribution in [3.63, 3.8) is 0 Å². The molecule has 166 valence electrons. The summed E-state index contributed by atoms with van der Waals surface area (Å²) < 4.78 is 0. The summed E-state index contributed by atoms with van der Waals surface area (Å²) in [6.07, 6.45) is 5.03. The number of aliphatic imine (C=N–C) groups is 1. The Morgan fingerprint density at radius 1 is 0.758 bits per heavy atom. The summed E-state index contributed by atoms with van der Waals surface area (Å²) in [4.78, 5) is 12.9. The van der Waals surface area contributed by atoms with Gasteiger partial charge in [-0.1, -0.05) is 115 Å². The highest BCUT2D eigenvalue weighted by molar-refractivity contribution is 7.19. The van der Waals surface area contributed by atoms with E-state index in [1.807, 2.05) is 12.1 Å². The third-order valence-electron chi connectivity index (χ3n) is 6.10. The third kappa shape index (κ3) is 5.07. The number of amidine groups is 1. The highest BCUT2D eigenvalue weighted by Crippen LogP contribution is 2.40. The van der Waals surface area contributed by atoms with Crippen molar-refractivity contribution in [2.75, 3.05) is 13.1 Å². The van der Waals surface area contributed by atoms with Crippen molar-refractivity contribution in [1.29, 1.82) is 0 Å². The van der Waals surface area contributed by atoms with Crippen LogP contribution in [0.15, 0.2) is 89.9 Å². The average Bonchev–Trinajstić information content (AvgIpc) is 3.10. The van der Waals surface area contributed by atoms with Gasteiger partial charge in [0.25, 0.3) is 0 Å². The lowest BCUT2D eigenvalue weighted by molar-refractivity contribution is 0.436. The third-order valence-corrected chi connectivity index (χ3v) is 7.10. The van der Waals surface area contributed by atoms with Crippen LogP contribution < -0.4 is 0 Å². The van der Waals surface area contributed by atoms with Gasteiger partial charge in [-0.15, -0.1) is 0 Å². The first kappa shape index (κ1) is 21.6. The fraction of sp³-hybridized carbons (Fsp3) is 0.241. The molecule has 0 N–H and O–H groups in total. The van der Waals surface area contributed by atoms with Gasteiger partial charge in [-0.3, -0.25) is 0 Å². The predicted molar refractivity (Wildman–Crippen MR) is 140 cm³/mol. The molecule has 5 rings (SSSR count). The zero-order valence-electron chi connectivity index (χ0n) is 19.1. The molecular weight excluding hydrogens is 422 g/mol. The van der Waals surface area contributed by atoms with Crippen LogP contribution in [0.25, 0.3) is 21.8 Å². The number of rotatable bonds is 4. The molecule has 4 aromatic rings. The van der Waals surface area contributed by atoms with Gasteiger partial charge < -0.3 is 4.90 Å². The van der Waals surface area contributed by atoms with Crippen molar-refractivity contribution >= 4 is 22.2 Å². The van der Waals surface area contributed by atoms with Crippen molar-refractivity contribution in [1.82, 2.24) is 9.88 Å². The number of likely N-dealkylation sites (tertiary alicyclic amines) is 1. The molecule has 0 atom stereocenters. The summed E-state index contributed by atoms with van der Waals surface area (Å²) in [7, 11) is 0. The monoisotopic (exact) mass is 451 g/mol. The Morgan fingerprint density at radius 2 is 1.36 bits per heavy atom. The van der Waals surface area contributed by atoms with E-state index in [9.17, 15) is 0 Å². The minimum atomic E-state index is 0.957. The first-order valence-electron chi connectivity index (χ1n) is 11.8. The molecule has 1 aromatic heterocycles. The first-order chi connectivity index (χ1) is 16.3. The second-order valence-electron chi connectivity index (χ2n) is 8.61. The van der Waals surface area contributed by atoms with E-state index in [2.05, 4.69) is 84.6 Å². The highest BCUT2D eigenvalue weighted by atomic mass is 32.1. The van der Waals surface area contributed by atoms with Crippen LogP contribution in [0.5, 0.6) is 0 Å². The molecule has 1 aliphatic heterocycles. The van der Waals surface area contributed by atoms with E-state index in [4.69, 9.17) is 9.98 Å². The van der Waals surface area contributed by atoms with Crippen LogP contribution in [0.4, 0.5) is 5.00 Å². The SMILES string of the molecule is Cc1ccc(C(=Nc2sc(-c3ccccc3)nc2-c2ccccc2)N2CCCCCC2)cc1. The molecule has 3 aromatic carbocycles. The quantitative estimate of drug-likeness (QED) is 0.234. The molecule has 0 bridgehead atoms. The molecular formula is C29H29N3S. The summed E-state index contributed by atoms with van der Waals surface area (Å²) in [5, 5.41) is 1.98. The highest BCUT2D eigenvalue weighted by Gasteiger charge is 2.20.